The zero-order chi connectivity index (χ0) is 7.40. The van der Waals surface area contributed by atoms with Gasteiger partial charge >= 0.3 is 0 Å². The molecule has 3 heteroatoms. The maximum Gasteiger partial charge on any atom is 0.0950 e. The van der Waals surface area contributed by atoms with Crippen LogP contribution in [0.4, 0.5) is 0 Å². The lowest BCUT2D eigenvalue weighted by molar-refractivity contribution is 0.913. The molecule has 0 unspecified atom stereocenters. The molecular weight excluding hydrogens is 144 g/mol. The molecule has 0 saturated carbocycles. The highest BCUT2D eigenvalue weighted by Crippen LogP contribution is 1.96. The van der Waals surface area contributed by atoms with Crippen molar-refractivity contribution in [3.63, 3.8) is 0 Å². The Morgan fingerprint density at radius 3 is 3.10 bits per heavy atom. The minimum Gasteiger partial charge on any atom is -0.340 e. The fourth-order valence-corrected chi connectivity index (χ4v) is 0.798. The maximum absolute atomic E-state index is 4.10. The summed E-state index contributed by atoms with van der Waals surface area (Å²) in [6.45, 7) is 0. The van der Waals surface area contributed by atoms with E-state index in [0.717, 1.165) is 11.4 Å². The van der Waals surface area contributed by atoms with Gasteiger partial charge in [-0.2, -0.15) is 12.6 Å². The van der Waals surface area contributed by atoms with Crippen LogP contribution in [0.3, 0.4) is 0 Å². The van der Waals surface area contributed by atoms with E-state index < -0.39 is 0 Å². The molecule has 54 valence electrons. The van der Waals surface area contributed by atoms with Crippen molar-refractivity contribution < 1.29 is 0 Å². The number of hydrogen-bond donors (Lipinski definition) is 1. The molecule has 10 heavy (non-hydrogen) atoms. The van der Waals surface area contributed by atoms with Crippen molar-refractivity contribution in [1.29, 1.82) is 0 Å². The van der Waals surface area contributed by atoms with E-state index in [2.05, 4.69) is 17.6 Å². The van der Waals surface area contributed by atoms with Crippen LogP contribution in [0.5, 0.6) is 0 Å². The number of rotatable bonds is 2. The lowest BCUT2D eigenvalue weighted by Crippen LogP contribution is -1.77. The largest absolute Gasteiger partial charge is 0.340 e. The van der Waals surface area contributed by atoms with E-state index in [1.54, 1.807) is 6.33 Å². The van der Waals surface area contributed by atoms with E-state index in [0.29, 0.717) is 0 Å². The normalized spacial score (nSPS) is 11.0. The molecule has 0 fully saturated rings. The zero-order valence-electron chi connectivity index (χ0n) is 5.86. The molecule has 2 nitrogen and oxygen atoms in total. The molecule has 0 aliphatic rings. The van der Waals surface area contributed by atoms with Crippen LogP contribution >= 0.6 is 12.6 Å². The molecule has 1 rings (SSSR count). The third kappa shape index (κ3) is 1.92. The summed E-state index contributed by atoms with van der Waals surface area (Å²) in [5.74, 6) is 0.760. The summed E-state index contributed by atoms with van der Waals surface area (Å²) >= 11 is 4.04. The predicted octanol–water partition coefficient (Wildman–Crippen LogP) is 1.36. The van der Waals surface area contributed by atoms with Gasteiger partial charge in [0.05, 0.1) is 12.0 Å². The highest BCUT2D eigenvalue weighted by Gasteiger charge is 1.87. The van der Waals surface area contributed by atoms with Gasteiger partial charge in [-0.3, -0.25) is 0 Å². The summed E-state index contributed by atoms with van der Waals surface area (Å²) in [5, 5.41) is 0. The second-order valence-electron chi connectivity index (χ2n) is 2.05. The van der Waals surface area contributed by atoms with Crippen LogP contribution in [0.1, 0.15) is 5.69 Å². The minimum atomic E-state index is 0.760. The van der Waals surface area contributed by atoms with Gasteiger partial charge in [-0.25, -0.2) is 4.98 Å². The molecule has 0 N–H and O–H groups in total. The van der Waals surface area contributed by atoms with Crippen LogP contribution in [0, 0.1) is 0 Å². The summed E-state index contributed by atoms with van der Waals surface area (Å²) < 4.78 is 1.91. The van der Waals surface area contributed by atoms with E-state index in [1.165, 1.54) is 0 Å². The van der Waals surface area contributed by atoms with Crippen molar-refractivity contribution in [2.45, 2.75) is 0 Å². The molecule has 0 atom stereocenters. The molecule has 1 aromatic rings. The number of aromatic nitrogens is 2. The van der Waals surface area contributed by atoms with Gasteiger partial charge in [-0.15, -0.1) is 0 Å². The van der Waals surface area contributed by atoms with Crippen molar-refractivity contribution in [3.8, 4) is 0 Å². The fraction of sp³-hybridized carbons (Fsp3) is 0.286. The number of imidazole rings is 1. The monoisotopic (exact) mass is 154 g/mol. The van der Waals surface area contributed by atoms with E-state index in [4.69, 9.17) is 0 Å². The quantitative estimate of drug-likeness (QED) is 0.637. The van der Waals surface area contributed by atoms with E-state index in [1.807, 2.05) is 30.0 Å². The van der Waals surface area contributed by atoms with Crippen molar-refractivity contribution in [2.24, 2.45) is 7.05 Å². The third-order valence-corrected chi connectivity index (χ3v) is 1.33. The Morgan fingerprint density at radius 1 is 1.80 bits per heavy atom. The van der Waals surface area contributed by atoms with Crippen molar-refractivity contribution in [2.75, 3.05) is 5.75 Å². The van der Waals surface area contributed by atoms with Crippen molar-refractivity contribution in [1.82, 2.24) is 9.55 Å². The first kappa shape index (κ1) is 7.41. The van der Waals surface area contributed by atoms with Gasteiger partial charge < -0.3 is 4.57 Å². The standard InChI is InChI=1S/C7H10N2S/c1-9-5-7(8-6-9)3-2-4-10/h2-3,5-6,10H,4H2,1H3. The van der Waals surface area contributed by atoms with Gasteiger partial charge in [0.2, 0.25) is 0 Å². The van der Waals surface area contributed by atoms with Gasteiger partial charge in [0, 0.05) is 19.0 Å². The highest BCUT2D eigenvalue weighted by molar-refractivity contribution is 7.80. The Labute approximate surface area is 66.0 Å². The predicted molar refractivity (Wildman–Crippen MR) is 46.1 cm³/mol. The highest BCUT2D eigenvalue weighted by atomic mass is 32.1. The summed E-state index contributed by atoms with van der Waals surface area (Å²) in [4.78, 5) is 4.10. The Bertz CT molecular complexity index is 227. The Kier molecular flexibility index (Phi) is 2.57. The first-order valence-electron chi connectivity index (χ1n) is 3.08. The van der Waals surface area contributed by atoms with E-state index >= 15 is 0 Å². The van der Waals surface area contributed by atoms with Crippen molar-refractivity contribution >= 4 is 18.7 Å². The Morgan fingerprint density at radius 2 is 2.60 bits per heavy atom. The average Bonchev–Trinajstić information content (AvgIpc) is 2.31. The summed E-state index contributed by atoms with van der Waals surface area (Å²) in [6.07, 6.45) is 7.65. The molecule has 0 amide bonds. The molecule has 1 heterocycles. The Hall–Kier alpha value is -0.700. The van der Waals surface area contributed by atoms with Crippen LogP contribution in [0.2, 0.25) is 0 Å². The summed E-state index contributed by atoms with van der Waals surface area (Å²) in [6, 6.07) is 0. The van der Waals surface area contributed by atoms with Gasteiger partial charge in [0.1, 0.15) is 0 Å². The van der Waals surface area contributed by atoms with Crippen LogP contribution in [0.25, 0.3) is 6.08 Å². The molecule has 1 aromatic heterocycles. The summed E-state index contributed by atoms with van der Waals surface area (Å²) in [7, 11) is 1.95. The van der Waals surface area contributed by atoms with E-state index in [-0.39, 0.29) is 0 Å². The number of aryl methyl sites for hydroxylation is 1. The first-order chi connectivity index (χ1) is 4.83. The second kappa shape index (κ2) is 3.46. The van der Waals surface area contributed by atoms with Crippen molar-refractivity contribution in [3.05, 3.63) is 24.3 Å². The topological polar surface area (TPSA) is 17.8 Å². The molecule has 0 bridgehead atoms. The molecule has 0 aromatic carbocycles. The third-order valence-electron chi connectivity index (χ3n) is 1.12. The van der Waals surface area contributed by atoms with Gasteiger partial charge in [-0.05, 0) is 6.08 Å². The number of nitrogens with zero attached hydrogens (tertiary/aromatic N) is 2. The van der Waals surface area contributed by atoms with Crippen LogP contribution in [0.15, 0.2) is 18.6 Å². The minimum absolute atomic E-state index is 0.760. The lowest BCUT2D eigenvalue weighted by atomic mass is 10.4. The number of hydrogen-bond acceptors (Lipinski definition) is 2. The molecule has 0 aliphatic carbocycles. The molecule has 0 spiro atoms. The molecular formula is C7H10N2S. The molecule has 0 aliphatic heterocycles. The van der Waals surface area contributed by atoms with Gasteiger partial charge in [0.25, 0.3) is 0 Å². The smallest absolute Gasteiger partial charge is 0.0950 e. The van der Waals surface area contributed by atoms with Gasteiger partial charge in [0.15, 0.2) is 0 Å². The van der Waals surface area contributed by atoms with Crippen LogP contribution in [-0.4, -0.2) is 15.3 Å². The van der Waals surface area contributed by atoms with Crippen LogP contribution < -0.4 is 0 Å². The Balaban J connectivity index is 2.67. The maximum atomic E-state index is 4.10. The molecule has 0 radical (unpaired) electrons. The number of thiol groups is 1. The van der Waals surface area contributed by atoms with Crippen LogP contribution in [-0.2, 0) is 7.05 Å². The molecule has 0 saturated heterocycles. The average molecular weight is 154 g/mol. The zero-order valence-corrected chi connectivity index (χ0v) is 6.75. The lowest BCUT2D eigenvalue weighted by Gasteiger charge is -1.81. The fourth-order valence-electron chi connectivity index (χ4n) is 0.693. The first-order valence-corrected chi connectivity index (χ1v) is 3.71. The van der Waals surface area contributed by atoms with Gasteiger partial charge in [-0.1, -0.05) is 6.08 Å². The van der Waals surface area contributed by atoms with E-state index in [9.17, 15) is 0 Å². The second-order valence-corrected chi connectivity index (χ2v) is 2.41. The summed E-state index contributed by atoms with van der Waals surface area (Å²) in [5.41, 5.74) is 0.983. The SMILES string of the molecule is Cn1cnc(C=CCS)c1.